The lowest BCUT2D eigenvalue weighted by Gasteiger charge is -2.03. The summed E-state index contributed by atoms with van der Waals surface area (Å²) in [6, 6.07) is 0. The summed E-state index contributed by atoms with van der Waals surface area (Å²) in [5.41, 5.74) is 1.97. The highest BCUT2D eigenvalue weighted by Crippen LogP contribution is 2.17. The molecule has 66 valence electrons. The fourth-order valence-electron chi connectivity index (χ4n) is 1.22. The molecule has 1 amide bonds. The molecule has 1 aliphatic rings. The molecule has 0 aromatic heterocycles. The van der Waals surface area contributed by atoms with E-state index >= 15 is 0 Å². The van der Waals surface area contributed by atoms with Crippen LogP contribution in [-0.4, -0.2) is 11.6 Å². The Morgan fingerprint density at radius 1 is 1.83 bits per heavy atom. The Labute approximate surface area is 85.8 Å². The summed E-state index contributed by atoms with van der Waals surface area (Å²) in [7, 11) is 0. The molecule has 1 unspecified atom stereocenters. The number of carbonyl (C=O) groups excluding carboxylic acids is 1. The largest absolute Gasteiger partial charge is 0.298 e. The van der Waals surface area contributed by atoms with Gasteiger partial charge in [-0.3, -0.25) is 13.3 Å². The average molecular weight is 278 g/mol. The second kappa shape index (κ2) is 4.02. The number of amides is 1. The Balaban J connectivity index is 2.56. The molecule has 0 aromatic carbocycles. The van der Waals surface area contributed by atoms with Crippen LogP contribution in [0.25, 0.3) is 0 Å². The zero-order valence-electron chi connectivity index (χ0n) is 7.10. The highest BCUT2D eigenvalue weighted by molar-refractivity contribution is 14.1. The molecule has 0 spiro atoms. The lowest BCUT2D eigenvalue weighted by atomic mass is 10.0. The van der Waals surface area contributed by atoms with Crippen LogP contribution in [0.2, 0.25) is 0 Å². The summed E-state index contributed by atoms with van der Waals surface area (Å²) < 4.78 is 2.55. The van der Waals surface area contributed by atoms with Crippen LogP contribution in [0, 0.1) is 5.92 Å². The Bertz CT molecular complexity index is 258. The first-order valence-electron chi connectivity index (χ1n) is 3.79. The van der Waals surface area contributed by atoms with E-state index in [0.717, 1.165) is 11.4 Å². The van der Waals surface area contributed by atoms with Crippen molar-refractivity contribution in [1.82, 2.24) is 3.53 Å². The third-order valence-electron chi connectivity index (χ3n) is 1.78. The molecule has 1 atom stereocenters. The smallest absolute Gasteiger partial charge is 0.234 e. The SMILES string of the molecule is CC1=CC(C)C(CC(=O)NI)=N1. The summed E-state index contributed by atoms with van der Waals surface area (Å²) >= 11 is 1.84. The molecule has 1 N–H and O–H groups in total. The maximum atomic E-state index is 11.0. The van der Waals surface area contributed by atoms with E-state index in [1.54, 1.807) is 0 Å². The van der Waals surface area contributed by atoms with Gasteiger partial charge in [0, 0.05) is 17.3 Å². The van der Waals surface area contributed by atoms with Crippen LogP contribution in [-0.2, 0) is 4.79 Å². The van der Waals surface area contributed by atoms with Gasteiger partial charge in [-0.1, -0.05) is 13.0 Å². The lowest BCUT2D eigenvalue weighted by Crippen LogP contribution is -2.18. The maximum absolute atomic E-state index is 11.0. The van der Waals surface area contributed by atoms with Gasteiger partial charge in [0.15, 0.2) is 0 Å². The van der Waals surface area contributed by atoms with Gasteiger partial charge in [-0.15, -0.1) is 0 Å². The minimum absolute atomic E-state index is 0.0179. The van der Waals surface area contributed by atoms with Crippen LogP contribution in [0.5, 0.6) is 0 Å². The summed E-state index contributed by atoms with van der Waals surface area (Å²) in [5.74, 6) is 0.336. The number of hydrogen-bond donors (Lipinski definition) is 1. The standard InChI is InChI=1S/C8H11IN2O/c1-5-3-6(2)10-7(5)4-8(12)11-9/h3,5H,4H2,1-2H3,(H,11,12). The second-order valence-corrected chi connectivity index (χ2v) is 3.43. The van der Waals surface area contributed by atoms with Crippen molar-refractivity contribution in [1.29, 1.82) is 0 Å². The van der Waals surface area contributed by atoms with Crippen LogP contribution in [0.3, 0.4) is 0 Å². The fraction of sp³-hybridized carbons (Fsp3) is 0.500. The van der Waals surface area contributed by atoms with Gasteiger partial charge in [0.05, 0.1) is 29.3 Å². The second-order valence-electron chi connectivity index (χ2n) is 2.89. The van der Waals surface area contributed by atoms with Gasteiger partial charge in [-0.2, -0.15) is 0 Å². The molecule has 0 aliphatic carbocycles. The first-order valence-corrected chi connectivity index (χ1v) is 4.86. The number of hydrogen-bond acceptors (Lipinski definition) is 2. The number of aliphatic imine (C=N–C) groups is 1. The van der Waals surface area contributed by atoms with Gasteiger partial charge in [0.1, 0.15) is 0 Å². The summed E-state index contributed by atoms with van der Waals surface area (Å²) in [4.78, 5) is 15.3. The number of carbonyl (C=O) groups is 1. The molecule has 0 radical (unpaired) electrons. The van der Waals surface area contributed by atoms with Crippen molar-refractivity contribution < 1.29 is 4.79 Å². The third kappa shape index (κ3) is 2.30. The minimum atomic E-state index is 0.0179. The van der Waals surface area contributed by atoms with Crippen molar-refractivity contribution in [2.45, 2.75) is 20.3 Å². The van der Waals surface area contributed by atoms with Crippen LogP contribution >= 0.6 is 22.9 Å². The van der Waals surface area contributed by atoms with E-state index in [4.69, 9.17) is 0 Å². The molecular weight excluding hydrogens is 267 g/mol. The summed E-state index contributed by atoms with van der Waals surface area (Å²) in [6.07, 6.45) is 2.48. The van der Waals surface area contributed by atoms with E-state index in [9.17, 15) is 4.79 Å². The van der Waals surface area contributed by atoms with Crippen molar-refractivity contribution >= 4 is 34.5 Å². The zero-order valence-corrected chi connectivity index (χ0v) is 9.25. The molecule has 0 bridgehead atoms. The highest BCUT2D eigenvalue weighted by Gasteiger charge is 2.16. The van der Waals surface area contributed by atoms with Gasteiger partial charge >= 0.3 is 0 Å². The van der Waals surface area contributed by atoms with E-state index in [-0.39, 0.29) is 5.91 Å². The van der Waals surface area contributed by atoms with Crippen molar-refractivity contribution in [3.05, 3.63) is 11.8 Å². The minimum Gasteiger partial charge on any atom is -0.298 e. The number of nitrogens with one attached hydrogen (secondary N) is 1. The first kappa shape index (κ1) is 9.70. The van der Waals surface area contributed by atoms with Crippen molar-refractivity contribution in [2.24, 2.45) is 10.9 Å². The highest BCUT2D eigenvalue weighted by atomic mass is 127. The van der Waals surface area contributed by atoms with Gasteiger partial charge in [0.2, 0.25) is 5.91 Å². The van der Waals surface area contributed by atoms with Crippen LogP contribution in [0.4, 0.5) is 0 Å². The van der Waals surface area contributed by atoms with Crippen LogP contribution < -0.4 is 3.53 Å². The number of nitrogens with zero attached hydrogens (tertiary/aromatic N) is 1. The van der Waals surface area contributed by atoms with E-state index in [0.29, 0.717) is 12.3 Å². The maximum Gasteiger partial charge on any atom is 0.234 e. The molecule has 0 aromatic rings. The lowest BCUT2D eigenvalue weighted by molar-refractivity contribution is -0.117. The molecule has 1 rings (SSSR count). The first-order chi connectivity index (χ1) is 5.63. The van der Waals surface area contributed by atoms with Gasteiger partial charge in [0.25, 0.3) is 0 Å². The Hall–Kier alpha value is -0.390. The number of halogens is 1. The Kier molecular flexibility index (Phi) is 3.25. The van der Waals surface area contributed by atoms with Crippen molar-refractivity contribution in [3.8, 4) is 0 Å². The van der Waals surface area contributed by atoms with Gasteiger partial charge in [-0.25, -0.2) is 0 Å². The van der Waals surface area contributed by atoms with Crippen molar-refractivity contribution in [2.75, 3.05) is 0 Å². The van der Waals surface area contributed by atoms with Crippen LogP contribution in [0.15, 0.2) is 16.8 Å². The summed E-state index contributed by atoms with van der Waals surface area (Å²) in [5, 5.41) is 0. The molecule has 0 saturated carbocycles. The Morgan fingerprint density at radius 3 is 2.92 bits per heavy atom. The molecule has 0 saturated heterocycles. The molecule has 4 heteroatoms. The molecular formula is C8H11IN2O. The predicted molar refractivity (Wildman–Crippen MR) is 57.1 cm³/mol. The van der Waals surface area contributed by atoms with Crippen molar-refractivity contribution in [3.63, 3.8) is 0 Å². The van der Waals surface area contributed by atoms with Gasteiger partial charge < -0.3 is 0 Å². The number of allylic oxidation sites excluding steroid dienone is 2. The fourth-order valence-corrected chi connectivity index (χ4v) is 1.41. The average Bonchev–Trinajstić information content (AvgIpc) is 2.30. The molecule has 0 fully saturated rings. The van der Waals surface area contributed by atoms with Gasteiger partial charge in [-0.05, 0) is 6.92 Å². The van der Waals surface area contributed by atoms with E-state index in [1.807, 2.05) is 29.8 Å². The quantitative estimate of drug-likeness (QED) is 0.607. The molecule has 12 heavy (non-hydrogen) atoms. The molecule has 1 heterocycles. The van der Waals surface area contributed by atoms with E-state index in [1.165, 1.54) is 0 Å². The predicted octanol–water partition coefficient (Wildman–Crippen LogP) is 1.84. The number of rotatable bonds is 2. The molecule has 3 nitrogen and oxygen atoms in total. The zero-order chi connectivity index (χ0) is 9.14. The summed E-state index contributed by atoms with van der Waals surface area (Å²) in [6.45, 7) is 4.00. The third-order valence-corrected chi connectivity index (χ3v) is 2.39. The van der Waals surface area contributed by atoms with E-state index < -0.39 is 0 Å². The van der Waals surface area contributed by atoms with Crippen LogP contribution in [0.1, 0.15) is 20.3 Å². The monoisotopic (exact) mass is 278 g/mol. The topological polar surface area (TPSA) is 41.5 Å². The normalized spacial score (nSPS) is 21.8. The molecule has 1 aliphatic heterocycles. The van der Waals surface area contributed by atoms with E-state index in [2.05, 4.69) is 21.5 Å². The Morgan fingerprint density at radius 2 is 2.50 bits per heavy atom.